The van der Waals surface area contributed by atoms with Crippen LogP contribution in [-0.4, -0.2) is 8.75 Å². The molecule has 0 bridgehead atoms. The van der Waals surface area contributed by atoms with Crippen LogP contribution in [-0.2, 0) is 6.54 Å². The zero-order valence-electron chi connectivity index (χ0n) is 9.28. The van der Waals surface area contributed by atoms with Crippen molar-refractivity contribution in [3.05, 3.63) is 37.5 Å². The van der Waals surface area contributed by atoms with Gasteiger partial charge in [-0.1, -0.05) is 34.8 Å². The molecule has 0 saturated heterocycles. The molecule has 2 aromatic heterocycles. The predicted octanol–water partition coefficient (Wildman–Crippen LogP) is 5.33. The maximum atomic E-state index is 6.20. The Bertz CT molecular complexity index is 738. The summed E-state index contributed by atoms with van der Waals surface area (Å²) in [6.07, 6.45) is 0. The third kappa shape index (κ3) is 2.66. The van der Waals surface area contributed by atoms with Crippen LogP contribution in [0.5, 0.6) is 0 Å². The maximum absolute atomic E-state index is 6.20. The fourth-order valence-corrected chi connectivity index (χ4v) is 3.87. The van der Waals surface area contributed by atoms with Gasteiger partial charge in [0.05, 0.1) is 31.8 Å². The summed E-state index contributed by atoms with van der Waals surface area (Å²) in [5, 5.41) is 4.31. The Balaban J connectivity index is 1.94. The minimum absolute atomic E-state index is 0.512. The summed E-state index contributed by atoms with van der Waals surface area (Å²) >= 11 is 20.8. The van der Waals surface area contributed by atoms with E-state index in [2.05, 4.69) is 14.1 Å². The molecule has 3 rings (SSSR count). The molecule has 98 valence electrons. The number of fused-ring (bicyclic) bond motifs is 1. The largest absolute Gasteiger partial charge is 0.377 e. The van der Waals surface area contributed by atoms with Crippen molar-refractivity contribution < 1.29 is 0 Å². The number of anilines is 1. The summed E-state index contributed by atoms with van der Waals surface area (Å²) in [5.74, 6) is 0. The van der Waals surface area contributed by atoms with Gasteiger partial charge in [0.1, 0.15) is 11.0 Å². The highest BCUT2D eigenvalue weighted by molar-refractivity contribution is 7.16. The van der Waals surface area contributed by atoms with Gasteiger partial charge < -0.3 is 5.32 Å². The molecule has 3 aromatic rings. The first-order valence-corrected chi connectivity index (χ1v) is 7.91. The van der Waals surface area contributed by atoms with Crippen molar-refractivity contribution in [1.82, 2.24) is 8.75 Å². The average molecular weight is 351 g/mol. The highest BCUT2D eigenvalue weighted by Crippen LogP contribution is 2.35. The lowest BCUT2D eigenvalue weighted by molar-refractivity contribution is 1.20. The molecule has 0 fully saturated rings. The molecule has 0 aliphatic heterocycles. The number of nitrogens with zero attached hydrogens (tertiary/aromatic N) is 2. The first kappa shape index (κ1) is 13.4. The van der Waals surface area contributed by atoms with E-state index in [0.717, 1.165) is 26.6 Å². The summed E-state index contributed by atoms with van der Waals surface area (Å²) in [4.78, 5) is 1.12. The third-order valence-corrected chi connectivity index (χ3v) is 4.86. The van der Waals surface area contributed by atoms with Crippen LogP contribution >= 0.6 is 57.9 Å². The van der Waals surface area contributed by atoms with Crippen molar-refractivity contribution >= 4 is 74.6 Å². The van der Waals surface area contributed by atoms with Gasteiger partial charge in [-0.15, -0.1) is 11.3 Å². The summed E-state index contributed by atoms with van der Waals surface area (Å²) < 4.78 is 9.16. The van der Waals surface area contributed by atoms with Crippen LogP contribution in [0.1, 0.15) is 4.88 Å². The third-order valence-electron chi connectivity index (χ3n) is 2.51. The van der Waals surface area contributed by atoms with Crippen LogP contribution in [0.2, 0.25) is 14.4 Å². The summed E-state index contributed by atoms with van der Waals surface area (Å²) in [6.45, 7) is 0.630. The summed E-state index contributed by atoms with van der Waals surface area (Å²) in [5.41, 5.74) is 2.12. The van der Waals surface area contributed by atoms with Gasteiger partial charge in [0.2, 0.25) is 0 Å². The number of benzene rings is 1. The van der Waals surface area contributed by atoms with E-state index in [1.807, 2.05) is 12.1 Å². The second-order valence-electron chi connectivity index (χ2n) is 3.74. The quantitative estimate of drug-likeness (QED) is 0.694. The SMILES string of the molecule is Clc1ccc(CNc2c(Cl)cc(Cl)c3nsnc23)s1. The van der Waals surface area contributed by atoms with E-state index in [-0.39, 0.29) is 0 Å². The molecule has 8 heteroatoms. The van der Waals surface area contributed by atoms with E-state index in [0.29, 0.717) is 27.6 Å². The standard InChI is InChI=1S/C11H6Cl3N3S2/c12-6-3-7(13)10-11(17-19-16-10)9(6)15-4-5-1-2-8(14)18-5/h1-3,15H,4H2. The zero-order valence-corrected chi connectivity index (χ0v) is 13.2. The monoisotopic (exact) mass is 349 g/mol. The number of hydrogen-bond donors (Lipinski definition) is 1. The minimum atomic E-state index is 0.512. The Morgan fingerprint density at radius 1 is 1.05 bits per heavy atom. The van der Waals surface area contributed by atoms with Crippen LogP contribution in [0.3, 0.4) is 0 Å². The molecular formula is C11H6Cl3N3S2. The van der Waals surface area contributed by atoms with Crippen LogP contribution in [0.4, 0.5) is 5.69 Å². The molecule has 0 aliphatic rings. The van der Waals surface area contributed by atoms with Gasteiger partial charge in [-0.3, -0.25) is 0 Å². The van der Waals surface area contributed by atoms with Gasteiger partial charge >= 0.3 is 0 Å². The Kier molecular flexibility index (Phi) is 3.82. The van der Waals surface area contributed by atoms with E-state index in [4.69, 9.17) is 34.8 Å². The van der Waals surface area contributed by atoms with E-state index in [1.165, 1.54) is 11.3 Å². The first-order valence-electron chi connectivity index (χ1n) is 5.23. The van der Waals surface area contributed by atoms with Crippen molar-refractivity contribution in [2.45, 2.75) is 6.54 Å². The van der Waals surface area contributed by atoms with Gasteiger partial charge in [0.25, 0.3) is 0 Å². The number of thiophene rings is 1. The fourth-order valence-electron chi connectivity index (χ4n) is 1.66. The lowest BCUT2D eigenvalue weighted by Crippen LogP contribution is -1.99. The number of halogens is 3. The Hall–Kier alpha value is -0.590. The molecule has 1 aromatic carbocycles. The zero-order chi connectivity index (χ0) is 13.4. The van der Waals surface area contributed by atoms with Crippen molar-refractivity contribution in [3.8, 4) is 0 Å². The Morgan fingerprint density at radius 2 is 1.84 bits per heavy atom. The van der Waals surface area contributed by atoms with Gasteiger partial charge in [-0.05, 0) is 18.2 Å². The molecule has 2 heterocycles. The lowest BCUT2D eigenvalue weighted by atomic mass is 10.2. The smallest absolute Gasteiger partial charge is 0.130 e. The van der Waals surface area contributed by atoms with E-state index in [1.54, 1.807) is 6.07 Å². The van der Waals surface area contributed by atoms with Crippen molar-refractivity contribution in [1.29, 1.82) is 0 Å². The Labute approximate surface area is 132 Å². The number of hydrogen-bond acceptors (Lipinski definition) is 5. The van der Waals surface area contributed by atoms with Crippen LogP contribution < -0.4 is 5.32 Å². The topological polar surface area (TPSA) is 37.8 Å². The molecule has 0 amide bonds. The first-order chi connectivity index (χ1) is 9.15. The molecule has 3 nitrogen and oxygen atoms in total. The van der Waals surface area contributed by atoms with Gasteiger partial charge in [-0.2, -0.15) is 8.75 Å². The van der Waals surface area contributed by atoms with Gasteiger partial charge in [0, 0.05) is 11.4 Å². The van der Waals surface area contributed by atoms with Crippen molar-refractivity contribution in [3.63, 3.8) is 0 Å². The Morgan fingerprint density at radius 3 is 2.58 bits per heavy atom. The van der Waals surface area contributed by atoms with Crippen LogP contribution in [0, 0.1) is 0 Å². The molecule has 0 saturated carbocycles. The molecule has 0 unspecified atom stereocenters. The fraction of sp³-hybridized carbons (Fsp3) is 0.0909. The summed E-state index contributed by atoms with van der Waals surface area (Å²) in [7, 11) is 0. The summed E-state index contributed by atoms with van der Waals surface area (Å²) in [6, 6.07) is 5.52. The minimum Gasteiger partial charge on any atom is -0.377 e. The molecule has 1 N–H and O–H groups in total. The molecule has 0 radical (unpaired) electrons. The van der Waals surface area contributed by atoms with Crippen molar-refractivity contribution in [2.75, 3.05) is 5.32 Å². The highest BCUT2D eigenvalue weighted by Gasteiger charge is 2.13. The normalized spacial score (nSPS) is 11.1. The molecule has 19 heavy (non-hydrogen) atoms. The van der Waals surface area contributed by atoms with E-state index < -0.39 is 0 Å². The number of aromatic nitrogens is 2. The number of rotatable bonds is 3. The van der Waals surface area contributed by atoms with E-state index in [9.17, 15) is 0 Å². The second kappa shape index (κ2) is 5.42. The van der Waals surface area contributed by atoms with Gasteiger partial charge in [0.15, 0.2) is 0 Å². The van der Waals surface area contributed by atoms with E-state index >= 15 is 0 Å². The molecular weight excluding hydrogens is 345 g/mol. The second-order valence-corrected chi connectivity index (χ2v) is 6.88. The predicted molar refractivity (Wildman–Crippen MR) is 84.1 cm³/mol. The molecule has 0 atom stereocenters. The highest BCUT2D eigenvalue weighted by atomic mass is 35.5. The maximum Gasteiger partial charge on any atom is 0.130 e. The number of nitrogens with one attached hydrogen (secondary N) is 1. The van der Waals surface area contributed by atoms with Crippen LogP contribution in [0.25, 0.3) is 11.0 Å². The van der Waals surface area contributed by atoms with Crippen molar-refractivity contribution in [2.24, 2.45) is 0 Å². The lowest BCUT2D eigenvalue weighted by Gasteiger charge is -2.08. The van der Waals surface area contributed by atoms with Gasteiger partial charge in [-0.25, -0.2) is 0 Å². The van der Waals surface area contributed by atoms with Crippen LogP contribution in [0.15, 0.2) is 18.2 Å². The molecule has 0 spiro atoms. The average Bonchev–Trinajstić information content (AvgIpc) is 2.98. The molecule has 0 aliphatic carbocycles.